The van der Waals surface area contributed by atoms with Crippen molar-refractivity contribution in [2.75, 3.05) is 32.5 Å². The third-order valence-corrected chi connectivity index (χ3v) is 7.45. The topological polar surface area (TPSA) is 71.0 Å². The first-order valence-electron chi connectivity index (χ1n) is 9.55. The van der Waals surface area contributed by atoms with E-state index in [1.54, 1.807) is 20.9 Å². The Bertz CT molecular complexity index is 764. The fraction of sp³-hybridized carbons (Fsp3) is 0.650. The van der Waals surface area contributed by atoms with Gasteiger partial charge in [0.2, 0.25) is 0 Å². The molecule has 0 saturated carbocycles. The molecule has 2 rings (SSSR count). The van der Waals surface area contributed by atoms with Crippen LogP contribution in [-0.4, -0.2) is 56.5 Å². The van der Waals surface area contributed by atoms with E-state index < -0.39 is 14.6 Å². The summed E-state index contributed by atoms with van der Waals surface area (Å²) in [6, 6.07) is 7.99. The average Bonchev–Trinajstić information content (AvgIpc) is 2.59. The van der Waals surface area contributed by atoms with Gasteiger partial charge in [-0.3, -0.25) is 4.99 Å². The van der Waals surface area contributed by atoms with Crippen LogP contribution < -0.4 is 10.1 Å². The molecule has 1 heterocycles. The molecule has 1 saturated heterocycles. The summed E-state index contributed by atoms with van der Waals surface area (Å²) in [5.41, 5.74) is 1.06. The van der Waals surface area contributed by atoms with Gasteiger partial charge in [-0.05, 0) is 32.3 Å². The molecular weight excluding hydrogens is 489 g/mol. The highest BCUT2D eigenvalue weighted by atomic mass is 127. The summed E-state index contributed by atoms with van der Waals surface area (Å²) >= 11 is 0. The third kappa shape index (κ3) is 6.50. The number of nitrogens with one attached hydrogen (secondary N) is 1. The van der Waals surface area contributed by atoms with E-state index in [0.29, 0.717) is 32.2 Å². The molecule has 1 fully saturated rings. The zero-order chi connectivity index (χ0) is 20.1. The maximum atomic E-state index is 12.2. The minimum absolute atomic E-state index is 0. The number of sulfone groups is 1. The molecule has 0 amide bonds. The number of aliphatic imine (C=N–C) groups is 1. The smallest absolute Gasteiger partial charge is 0.193 e. The molecule has 1 aromatic carbocycles. The molecule has 0 radical (unpaired) electrons. The number of para-hydroxylation sites is 1. The van der Waals surface area contributed by atoms with Crippen molar-refractivity contribution < 1.29 is 13.2 Å². The summed E-state index contributed by atoms with van der Waals surface area (Å²) < 4.78 is 29.6. The second-order valence-electron chi connectivity index (χ2n) is 8.04. The second kappa shape index (κ2) is 10.7. The highest BCUT2D eigenvalue weighted by Crippen LogP contribution is 2.24. The molecule has 1 aliphatic rings. The van der Waals surface area contributed by atoms with Gasteiger partial charge in [0.05, 0.1) is 17.1 Å². The van der Waals surface area contributed by atoms with E-state index in [1.165, 1.54) is 0 Å². The van der Waals surface area contributed by atoms with Crippen LogP contribution in [0, 0.1) is 5.92 Å². The van der Waals surface area contributed by atoms with Crippen LogP contribution in [-0.2, 0) is 16.4 Å². The van der Waals surface area contributed by atoms with Gasteiger partial charge in [0.1, 0.15) is 5.75 Å². The van der Waals surface area contributed by atoms with Crippen molar-refractivity contribution in [2.45, 2.75) is 45.4 Å². The predicted molar refractivity (Wildman–Crippen MR) is 126 cm³/mol. The van der Waals surface area contributed by atoms with Crippen LogP contribution in [0.1, 0.15) is 39.7 Å². The van der Waals surface area contributed by atoms with Gasteiger partial charge < -0.3 is 15.0 Å². The van der Waals surface area contributed by atoms with Crippen molar-refractivity contribution in [3.05, 3.63) is 29.8 Å². The molecular formula is C20H34IN3O3S. The molecule has 0 atom stereocenters. The Morgan fingerprint density at radius 1 is 1.32 bits per heavy atom. The van der Waals surface area contributed by atoms with E-state index in [-0.39, 0.29) is 29.7 Å². The highest BCUT2D eigenvalue weighted by molar-refractivity contribution is 14.0. The monoisotopic (exact) mass is 523 g/mol. The number of hydrogen-bond acceptors (Lipinski definition) is 4. The Labute approximate surface area is 187 Å². The number of nitrogens with zero attached hydrogens (tertiary/aromatic N) is 2. The minimum atomic E-state index is -3.07. The Balaban J connectivity index is 0.00000392. The van der Waals surface area contributed by atoms with Gasteiger partial charge in [-0.15, -0.1) is 24.0 Å². The lowest BCUT2D eigenvalue weighted by Crippen LogP contribution is -2.57. The van der Waals surface area contributed by atoms with Gasteiger partial charge in [0.25, 0.3) is 0 Å². The lowest BCUT2D eigenvalue weighted by Gasteiger charge is -2.39. The second-order valence-corrected chi connectivity index (χ2v) is 10.8. The van der Waals surface area contributed by atoms with Crippen molar-refractivity contribution in [2.24, 2.45) is 10.9 Å². The summed E-state index contributed by atoms with van der Waals surface area (Å²) in [6.45, 7) is 10.1. The quantitative estimate of drug-likeness (QED) is 0.352. The highest BCUT2D eigenvalue weighted by Gasteiger charge is 2.40. The van der Waals surface area contributed by atoms with E-state index >= 15 is 0 Å². The molecule has 0 aliphatic carbocycles. The molecule has 6 nitrogen and oxygen atoms in total. The third-order valence-electron chi connectivity index (χ3n) is 4.92. The maximum absolute atomic E-state index is 12.2. The average molecular weight is 523 g/mol. The van der Waals surface area contributed by atoms with Crippen molar-refractivity contribution in [1.82, 2.24) is 10.2 Å². The molecule has 0 spiro atoms. The Morgan fingerprint density at radius 3 is 2.61 bits per heavy atom. The number of ether oxygens (including phenoxy) is 1. The number of halogens is 1. The van der Waals surface area contributed by atoms with E-state index in [9.17, 15) is 8.42 Å². The lowest BCUT2D eigenvalue weighted by molar-refractivity contribution is 0.286. The molecule has 0 bridgehead atoms. The Hall–Kier alpha value is -1.03. The van der Waals surface area contributed by atoms with Crippen LogP contribution >= 0.6 is 24.0 Å². The largest absolute Gasteiger partial charge is 0.493 e. The summed E-state index contributed by atoms with van der Waals surface area (Å²) in [7, 11) is -1.35. The van der Waals surface area contributed by atoms with Crippen molar-refractivity contribution in [3.63, 3.8) is 0 Å². The molecule has 1 aliphatic heterocycles. The van der Waals surface area contributed by atoms with Crippen LogP contribution in [0.3, 0.4) is 0 Å². The van der Waals surface area contributed by atoms with Gasteiger partial charge in [0, 0.05) is 32.2 Å². The standard InChI is InChI=1S/C20H33N3O3S.HI/c1-16(2)10-12-26-18-9-7-6-8-17(18)14-22-19(21-5)23-11-13-27(24,25)20(3,4)15-23;/h6-9,16H,10-15H2,1-5H3,(H,21,22);1H. The Morgan fingerprint density at radius 2 is 2.00 bits per heavy atom. The van der Waals surface area contributed by atoms with Crippen LogP contribution in [0.15, 0.2) is 29.3 Å². The van der Waals surface area contributed by atoms with Crippen LogP contribution in [0.5, 0.6) is 5.75 Å². The van der Waals surface area contributed by atoms with Crippen LogP contribution in [0.4, 0.5) is 0 Å². The van der Waals surface area contributed by atoms with Crippen molar-refractivity contribution in [3.8, 4) is 5.75 Å². The fourth-order valence-electron chi connectivity index (χ4n) is 3.03. The summed E-state index contributed by atoms with van der Waals surface area (Å²) in [5, 5.41) is 3.36. The van der Waals surface area contributed by atoms with Gasteiger partial charge in [-0.1, -0.05) is 32.0 Å². The van der Waals surface area contributed by atoms with Crippen molar-refractivity contribution in [1.29, 1.82) is 0 Å². The van der Waals surface area contributed by atoms with E-state index in [1.807, 2.05) is 29.2 Å². The van der Waals surface area contributed by atoms with E-state index in [4.69, 9.17) is 4.74 Å². The Kier molecular flexibility index (Phi) is 9.52. The molecule has 0 aromatic heterocycles. The van der Waals surface area contributed by atoms with Gasteiger partial charge in [-0.2, -0.15) is 0 Å². The van der Waals surface area contributed by atoms with Crippen molar-refractivity contribution >= 4 is 39.8 Å². The fourth-order valence-corrected chi connectivity index (χ4v) is 4.39. The number of guanidine groups is 1. The van der Waals surface area contributed by atoms with E-state index in [2.05, 4.69) is 24.2 Å². The first kappa shape index (κ1) is 25.0. The summed E-state index contributed by atoms with van der Waals surface area (Å²) in [6.07, 6.45) is 1.01. The van der Waals surface area contributed by atoms with Crippen LogP contribution in [0.25, 0.3) is 0 Å². The molecule has 8 heteroatoms. The predicted octanol–water partition coefficient (Wildman–Crippen LogP) is 3.31. The summed E-state index contributed by atoms with van der Waals surface area (Å²) in [5.74, 6) is 2.35. The first-order valence-corrected chi connectivity index (χ1v) is 11.2. The zero-order valence-electron chi connectivity index (χ0n) is 17.6. The summed E-state index contributed by atoms with van der Waals surface area (Å²) in [4.78, 5) is 6.37. The lowest BCUT2D eigenvalue weighted by atomic mass is 10.1. The molecule has 160 valence electrons. The number of rotatable bonds is 6. The van der Waals surface area contributed by atoms with Crippen LogP contribution in [0.2, 0.25) is 0 Å². The minimum Gasteiger partial charge on any atom is -0.493 e. The molecule has 0 unspecified atom stereocenters. The SMILES string of the molecule is CN=C(NCc1ccccc1OCCC(C)C)N1CCS(=O)(=O)C(C)(C)C1.I. The normalized spacial score (nSPS) is 18.5. The maximum Gasteiger partial charge on any atom is 0.193 e. The number of hydrogen-bond donors (Lipinski definition) is 1. The number of benzene rings is 1. The molecule has 1 aromatic rings. The van der Waals surface area contributed by atoms with E-state index in [0.717, 1.165) is 23.7 Å². The van der Waals surface area contributed by atoms with Gasteiger partial charge >= 0.3 is 0 Å². The van der Waals surface area contributed by atoms with Gasteiger partial charge in [-0.25, -0.2) is 8.42 Å². The molecule has 28 heavy (non-hydrogen) atoms. The zero-order valence-corrected chi connectivity index (χ0v) is 20.7. The molecule has 1 N–H and O–H groups in total. The van der Waals surface area contributed by atoms with Gasteiger partial charge in [0.15, 0.2) is 15.8 Å². The first-order chi connectivity index (χ1) is 12.7.